The van der Waals surface area contributed by atoms with Crippen LogP contribution in [-0.2, 0) is 33.8 Å². The fraction of sp³-hybridized carbons (Fsp3) is 0.345. The Morgan fingerprint density at radius 1 is 1.02 bits per heavy atom. The van der Waals surface area contributed by atoms with Crippen molar-refractivity contribution in [1.29, 1.82) is 0 Å². The summed E-state index contributed by atoms with van der Waals surface area (Å²) in [5, 5.41) is 17.6. The molecule has 3 heterocycles. The van der Waals surface area contributed by atoms with Crippen molar-refractivity contribution in [2.75, 3.05) is 9.62 Å². The number of anilines is 3. The van der Waals surface area contributed by atoms with Gasteiger partial charge >= 0.3 is 6.18 Å². The number of aliphatic hydroxyl groups is 1. The highest BCUT2D eigenvalue weighted by atomic mass is 32.2. The number of aromatic nitrogens is 3. The zero-order valence-corrected chi connectivity index (χ0v) is 23.8. The molecule has 2 aromatic heterocycles. The second-order valence-corrected chi connectivity index (χ2v) is 13.1. The first-order valence-electron chi connectivity index (χ1n) is 13.3. The first kappa shape index (κ1) is 28.2. The molecule has 1 fully saturated rings. The van der Waals surface area contributed by atoms with Gasteiger partial charge in [-0.3, -0.25) is 4.31 Å². The molecule has 2 aliphatic rings. The van der Waals surface area contributed by atoms with Crippen molar-refractivity contribution < 1.29 is 31.2 Å². The average molecular weight is 600 g/mol. The van der Waals surface area contributed by atoms with Crippen LogP contribution in [0.25, 0.3) is 0 Å². The number of aryl methyl sites for hydroxylation is 1. The Hall–Kier alpha value is -3.97. The summed E-state index contributed by atoms with van der Waals surface area (Å²) in [5.74, 6) is 0.229. The molecule has 1 saturated carbocycles. The number of hydrogen-bond donors (Lipinski definition) is 2. The molecule has 4 aromatic rings. The fourth-order valence-corrected chi connectivity index (χ4v) is 6.88. The number of nitrogens with zero attached hydrogens (tertiary/aromatic N) is 4. The van der Waals surface area contributed by atoms with Crippen molar-refractivity contribution in [2.45, 2.75) is 68.7 Å². The molecule has 0 spiro atoms. The molecule has 0 radical (unpaired) electrons. The molecule has 0 unspecified atom stereocenters. The highest BCUT2D eigenvalue weighted by molar-refractivity contribution is 7.92. The Labute approximate surface area is 240 Å². The number of para-hydroxylation sites is 1. The van der Waals surface area contributed by atoms with Crippen molar-refractivity contribution in [1.82, 2.24) is 15.1 Å². The third-order valence-electron chi connectivity index (χ3n) is 7.83. The van der Waals surface area contributed by atoms with E-state index in [1.807, 2.05) is 6.92 Å². The second-order valence-electron chi connectivity index (χ2n) is 11.3. The fourth-order valence-electron chi connectivity index (χ4n) is 5.39. The molecular weight excluding hydrogens is 571 g/mol. The number of rotatable bonds is 5. The van der Waals surface area contributed by atoms with E-state index >= 15 is 0 Å². The molecule has 0 amide bonds. The molecule has 6 rings (SSSR count). The number of pyridine rings is 1. The smallest absolute Gasteiger partial charge is 0.381 e. The molecule has 2 N–H and O–H groups in total. The molecule has 0 saturated heterocycles. The van der Waals surface area contributed by atoms with Crippen LogP contribution < -0.4 is 9.62 Å². The average Bonchev–Trinajstić information content (AvgIpc) is 3.32. The lowest BCUT2D eigenvalue weighted by molar-refractivity contribution is -0.141. The predicted molar refractivity (Wildman–Crippen MR) is 148 cm³/mol. The van der Waals surface area contributed by atoms with Crippen molar-refractivity contribution in [3.63, 3.8) is 0 Å². The first-order chi connectivity index (χ1) is 19.7. The Bertz CT molecular complexity index is 1780. The van der Waals surface area contributed by atoms with Crippen LogP contribution in [0.2, 0.25) is 0 Å². The molecule has 0 bridgehead atoms. The molecule has 2 aromatic carbocycles. The summed E-state index contributed by atoms with van der Waals surface area (Å²) in [4.78, 5) is 8.37. The minimum atomic E-state index is -4.69. The monoisotopic (exact) mass is 599 g/mol. The van der Waals surface area contributed by atoms with Crippen molar-refractivity contribution in [3.8, 4) is 0 Å². The lowest BCUT2D eigenvalue weighted by Crippen LogP contribution is -2.40. The highest BCUT2D eigenvalue weighted by Crippen LogP contribution is 2.54. The lowest BCUT2D eigenvalue weighted by Gasteiger charge is -2.42. The second kappa shape index (κ2) is 9.53. The van der Waals surface area contributed by atoms with Crippen LogP contribution >= 0.6 is 0 Å². The lowest BCUT2D eigenvalue weighted by atomic mass is 9.63. The number of nitrogens with one attached hydrogen (secondary N) is 1. The zero-order chi connectivity index (χ0) is 30.1. The molecule has 9 nitrogen and oxygen atoms in total. The van der Waals surface area contributed by atoms with E-state index in [1.54, 1.807) is 30.3 Å². The Balaban J connectivity index is 1.58. The van der Waals surface area contributed by atoms with Crippen LogP contribution in [0.5, 0.6) is 0 Å². The summed E-state index contributed by atoms with van der Waals surface area (Å²) >= 11 is 0. The maximum atomic E-state index is 14.3. The SMILES string of the molecule is Cc1ccc(S(=O)(=O)N2Cc3ccc(C(F)(F)F)nc3Nc3cccc(C4(c5noc(C(C)(C)O)n5)CCC4)c32)cc1. The molecular formula is C29H28F3N5O4S. The van der Waals surface area contributed by atoms with Gasteiger partial charge in [0.05, 0.1) is 28.2 Å². The van der Waals surface area contributed by atoms with Crippen molar-refractivity contribution in [2.24, 2.45) is 0 Å². The Morgan fingerprint density at radius 3 is 2.33 bits per heavy atom. The van der Waals surface area contributed by atoms with Crippen molar-refractivity contribution >= 4 is 27.2 Å². The largest absolute Gasteiger partial charge is 0.433 e. The van der Waals surface area contributed by atoms with Gasteiger partial charge in [0.25, 0.3) is 15.9 Å². The quantitative estimate of drug-likeness (QED) is 0.289. The number of halogens is 3. The van der Waals surface area contributed by atoms with Crippen LogP contribution in [0.3, 0.4) is 0 Å². The van der Waals surface area contributed by atoms with Crippen LogP contribution in [0.4, 0.5) is 30.4 Å². The summed E-state index contributed by atoms with van der Waals surface area (Å²) < 4.78 is 76.0. The van der Waals surface area contributed by atoms with Crippen LogP contribution in [0.1, 0.15) is 67.2 Å². The molecule has 42 heavy (non-hydrogen) atoms. The van der Waals surface area contributed by atoms with E-state index in [0.717, 1.165) is 18.1 Å². The summed E-state index contributed by atoms with van der Waals surface area (Å²) in [5.41, 5.74) is -1.10. The van der Waals surface area contributed by atoms with E-state index < -0.39 is 32.9 Å². The highest BCUT2D eigenvalue weighted by Gasteiger charge is 2.49. The van der Waals surface area contributed by atoms with Crippen LogP contribution in [-0.4, -0.2) is 28.6 Å². The number of alkyl halides is 3. The Kier molecular flexibility index (Phi) is 6.39. The summed E-state index contributed by atoms with van der Waals surface area (Å²) in [7, 11) is -4.22. The summed E-state index contributed by atoms with van der Waals surface area (Å²) in [6, 6.07) is 13.6. The summed E-state index contributed by atoms with van der Waals surface area (Å²) in [6.07, 6.45) is -2.76. The maximum absolute atomic E-state index is 14.3. The van der Waals surface area contributed by atoms with E-state index in [9.17, 15) is 26.7 Å². The van der Waals surface area contributed by atoms with Gasteiger partial charge in [-0.2, -0.15) is 18.2 Å². The van der Waals surface area contributed by atoms with E-state index in [0.29, 0.717) is 24.2 Å². The van der Waals surface area contributed by atoms with Gasteiger partial charge in [0, 0.05) is 5.56 Å². The molecule has 1 aliphatic carbocycles. The standard InChI is InChI=1S/C29H28F3N5O4S/c1-17-8-11-19(12-9-17)42(39,40)37-16-18-10-13-22(29(30,31)32)34-24(18)33-21-7-4-6-20(23(21)37)28(14-5-15-28)25-35-26(41-36-25)27(2,3)38/h4,6-13,38H,5,14-16H2,1-3H3,(H,33,34). The minimum absolute atomic E-state index is 0.0179. The van der Waals surface area contributed by atoms with Gasteiger partial charge in [-0.25, -0.2) is 13.4 Å². The molecule has 1 aliphatic heterocycles. The van der Waals surface area contributed by atoms with Gasteiger partial charge in [0.1, 0.15) is 17.1 Å². The zero-order valence-electron chi connectivity index (χ0n) is 23.0. The predicted octanol–water partition coefficient (Wildman–Crippen LogP) is 5.94. The summed E-state index contributed by atoms with van der Waals surface area (Å²) in [6.45, 7) is 4.61. The molecule has 0 atom stereocenters. The van der Waals surface area contributed by atoms with E-state index in [2.05, 4.69) is 20.4 Å². The number of benzene rings is 2. The van der Waals surface area contributed by atoms with Gasteiger partial charge in [0.15, 0.2) is 5.82 Å². The van der Waals surface area contributed by atoms with Crippen LogP contribution in [0, 0.1) is 6.92 Å². The van der Waals surface area contributed by atoms with Crippen molar-refractivity contribution in [3.05, 3.63) is 88.7 Å². The minimum Gasteiger partial charge on any atom is -0.381 e. The van der Waals surface area contributed by atoms with Gasteiger partial charge in [-0.1, -0.05) is 47.5 Å². The van der Waals surface area contributed by atoms with Gasteiger partial charge in [0.2, 0.25) is 0 Å². The third-order valence-corrected chi connectivity index (χ3v) is 9.59. The van der Waals surface area contributed by atoms with E-state index in [1.165, 1.54) is 36.4 Å². The molecule has 13 heteroatoms. The van der Waals surface area contributed by atoms with Crippen LogP contribution in [0.15, 0.2) is 64.0 Å². The Morgan fingerprint density at radius 2 is 1.74 bits per heavy atom. The topological polar surface area (TPSA) is 121 Å². The van der Waals surface area contributed by atoms with Gasteiger partial charge in [-0.05, 0) is 63.4 Å². The number of hydrogen-bond acceptors (Lipinski definition) is 8. The molecule has 220 valence electrons. The van der Waals surface area contributed by atoms with E-state index in [4.69, 9.17) is 4.52 Å². The van der Waals surface area contributed by atoms with Gasteiger partial charge in [-0.15, -0.1) is 0 Å². The van der Waals surface area contributed by atoms with E-state index in [-0.39, 0.29) is 40.1 Å². The number of sulfonamides is 1. The maximum Gasteiger partial charge on any atom is 0.433 e. The normalized spacial score (nSPS) is 16.6. The number of fused-ring (bicyclic) bond motifs is 2. The first-order valence-corrected chi connectivity index (χ1v) is 14.8. The van der Waals surface area contributed by atoms with Gasteiger partial charge < -0.3 is 14.9 Å². The third kappa shape index (κ3) is 4.60.